The Bertz CT molecular complexity index is 2440. The smallest absolute Gasteiger partial charge is 0.509 e. The summed E-state index contributed by atoms with van der Waals surface area (Å²) < 4.78 is 11.1. The van der Waals surface area contributed by atoms with Crippen LogP contribution < -0.4 is 4.74 Å². The summed E-state index contributed by atoms with van der Waals surface area (Å²) in [5.74, 6) is 2.70. The Morgan fingerprint density at radius 2 is 1.56 bits per heavy atom. The topological polar surface area (TPSA) is 44.9 Å². The molecule has 280 valence electrons. The monoisotopic (exact) mass is 806 g/mol. The minimum Gasteiger partial charge on any atom is -0.509 e. The fourth-order valence-electron chi connectivity index (χ4n) is 7.85. The molecule has 3 heterocycles. The predicted octanol–water partition coefficient (Wildman–Crippen LogP) is 12.5. The van der Waals surface area contributed by atoms with Crippen LogP contribution in [0.25, 0.3) is 44.4 Å². The molecule has 0 aliphatic rings. The van der Waals surface area contributed by atoms with Crippen LogP contribution in [0.2, 0.25) is 0 Å². The van der Waals surface area contributed by atoms with Gasteiger partial charge in [-0.15, -0.1) is 41.3 Å². The Morgan fingerprint density at radius 1 is 0.815 bits per heavy atom. The van der Waals surface area contributed by atoms with Crippen LogP contribution in [0.3, 0.4) is 0 Å². The molecule has 6 heteroatoms. The van der Waals surface area contributed by atoms with Crippen LogP contribution in [0.4, 0.5) is 0 Å². The number of unbranched alkanes of at least 4 members (excludes halogenated alkanes) is 1. The van der Waals surface area contributed by atoms with Gasteiger partial charge in [-0.25, -0.2) is 4.98 Å². The number of hydrogen-bond donors (Lipinski definition) is 0. The van der Waals surface area contributed by atoms with Gasteiger partial charge in [0.25, 0.3) is 0 Å². The van der Waals surface area contributed by atoms with E-state index < -0.39 is 0 Å². The summed E-state index contributed by atoms with van der Waals surface area (Å²) >= 11 is 0. The van der Waals surface area contributed by atoms with E-state index in [1.165, 1.54) is 39.1 Å². The summed E-state index contributed by atoms with van der Waals surface area (Å²) in [5.41, 5.74) is 13.8. The van der Waals surface area contributed by atoms with E-state index in [-0.39, 0.29) is 25.8 Å². The average molecular weight is 807 g/mol. The molecule has 0 aliphatic carbocycles. The summed E-state index contributed by atoms with van der Waals surface area (Å²) in [5, 5.41) is 7.50. The average Bonchev–Trinajstić information content (AvgIpc) is 3.60. The second kappa shape index (κ2) is 15.7. The molecule has 0 radical (unpaired) electrons. The van der Waals surface area contributed by atoms with E-state index in [0.29, 0.717) is 17.4 Å². The third-order valence-electron chi connectivity index (χ3n) is 10.2. The molecule has 0 saturated carbocycles. The van der Waals surface area contributed by atoms with Crippen molar-refractivity contribution in [3.05, 3.63) is 130 Å². The number of rotatable bonds is 10. The van der Waals surface area contributed by atoms with Gasteiger partial charge in [0.15, 0.2) is 0 Å². The number of aromatic nitrogens is 4. The third-order valence-corrected chi connectivity index (χ3v) is 10.2. The quantitative estimate of drug-likeness (QED) is 0.102. The summed E-state index contributed by atoms with van der Waals surface area (Å²) in [6.45, 7) is 22.2. The zero-order valence-electron chi connectivity index (χ0n) is 33.4. The van der Waals surface area contributed by atoms with Crippen molar-refractivity contribution in [1.82, 2.24) is 19.3 Å². The van der Waals surface area contributed by atoms with Gasteiger partial charge in [0.2, 0.25) is 0 Å². The van der Waals surface area contributed by atoms with Crippen LogP contribution >= 0.6 is 0 Å². The van der Waals surface area contributed by atoms with Gasteiger partial charge in [0.1, 0.15) is 5.82 Å². The van der Waals surface area contributed by atoms with Crippen molar-refractivity contribution in [2.24, 2.45) is 5.92 Å². The largest absolute Gasteiger partial charge is 2.00 e. The number of para-hydroxylation sites is 1. The number of pyridine rings is 1. The Morgan fingerprint density at radius 3 is 2.26 bits per heavy atom. The Labute approximate surface area is 335 Å². The van der Waals surface area contributed by atoms with Crippen molar-refractivity contribution < 1.29 is 25.2 Å². The van der Waals surface area contributed by atoms with E-state index in [1.807, 2.05) is 12.3 Å². The molecule has 0 bridgehead atoms. The molecular formula is C48H52N4OPd. The molecule has 54 heavy (non-hydrogen) atoms. The van der Waals surface area contributed by atoms with Crippen molar-refractivity contribution in [1.29, 1.82) is 0 Å². The van der Waals surface area contributed by atoms with E-state index in [9.17, 15) is 0 Å². The Balaban J connectivity index is 0.00000497. The number of aryl methyl sites for hydroxylation is 4. The second-order valence-corrected chi connectivity index (χ2v) is 16.2. The van der Waals surface area contributed by atoms with Gasteiger partial charge < -0.3 is 9.30 Å². The van der Waals surface area contributed by atoms with E-state index in [4.69, 9.17) is 14.8 Å². The first-order valence-electron chi connectivity index (χ1n) is 19.2. The van der Waals surface area contributed by atoms with Crippen LogP contribution in [0.15, 0.2) is 79.0 Å². The van der Waals surface area contributed by atoms with Gasteiger partial charge in [0, 0.05) is 34.5 Å². The van der Waals surface area contributed by atoms with Crippen molar-refractivity contribution in [3.8, 4) is 34.1 Å². The van der Waals surface area contributed by atoms with Gasteiger partial charge in [-0.1, -0.05) is 89.4 Å². The van der Waals surface area contributed by atoms with Crippen LogP contribution in [-0.4, -0.2) is 19.3 Å². The first-order chi connectivity index (χ1) is 25.3. The number of benzene rings is 4. The molecule has 7 rings (SSSR count). The van der Waals surface area contributed by atoms with E-state index in [2.05, 4.69) is 157 Å². The van der Waals surface area contributed by atoms with Crippen LogP contribution in [0.5, 0.6) is 11.5 Å². The standard InChI is InChI=1S/C48H52N4O.Pd/c1-11-12-16-43-47(46-32(5)23-31(4)24-33(46)6)34(7)50-52(43)37-26-36(48(8,9)10)27-39(28-37)53-38-18-19-41-40-15-13-14-17-42(40)51(44(41)29-38)45-25-35(20-21-49-45)22-30(2)3;/h13-15,17-21,23-27,30H,11-12,16,22H2,1-10H3;/q-2;+2. The molecule has 0 spiro atoms. The molecule has 0 aliphatic heterocycles. The Kier molecular flexibility index (Phi) is 11.4. The number of fused-ring (bicyclic) bond motifs is 3. The molecule has 5 nitrogen and oxygen atoms in total. The van der Waals surface area contributed by atoms with Gasteiger partial charge in [-0.2, -0.15) is 11.2 Å². The maximum absolute atomic E-state index is 6.76. The van der Waals surface area contributed by atoms with E-state index >= 15 is 0 Å². The van der Waals surface area contributed by atoms with Crippen molar-refractivity contribution >= 4 is 21.8 Å². The maximum atomic E-state index is 6.76. The van der Waals surface area contributed by atoms with Gasteiger partial charge in [0.05, 0.1) is 5.69 Å². The predicted molar refractivity (Wildman–Crippen MR) is 220 cm³/mol. The molecule has 0 amide bonds. The zero-order valence-corrected chi connectivity index (χ0v) is 35.0. The summed E-state index contributed by atoms with van der Waals surface area (Å²) in [6, 6.07) is 33.2. The van der Waals surface area contributed by atoms with Gasteiger partial charge in [-0.3, -0.25) is 4.68 Å². The summed E-state index contributed by atoms with van der Waals surface area (Å²) in [7, 11) is 0. The SMILES string of the molecule is CCCCc1c(-c2c(C)cc(C)cc2C)c(C)nn1-c1[c-]c(Oc2[c-]c3c(cc2)c2ccccc2n3-c2cc(CC(C)C)ccn2)cc(C(C)(C)C)c1.[Pd+2]. The second-order valence-electron chi connectivity index (χ2n) is 16.2. The zero-order chi connectivity index (χ0) is 37.6. The summed E-state index contributed by atoms with van der Waals surface area (Å²) in [6.07, 6.45) is 6.01. The molecular weight excluding hydrogens is 755 g/mol. The van der Waals surface area contributed by atoms with Crippen LogP contribution in [-0.2, 0) is 38.7 Å². The van der Waals surface area contributed by atoms with Crippen LogP contribution in [0.1, 0.15) is 93.6 Å². The molecule has 0 fully saturated rings. The molecule has 0 unspecified atom stereocenters. The summed E-state index contributed by atoms with van der Waals surface area (Å²) in [4.78, 5) is 4.85. The van der Waals surface area contributed by atoms with Crippen LogP contribution in [0, 0.1) is 45.7 Å². The minimum absolute atomic E-state index is 0. The molecule has 0 atom stereocenters. The first kappa shape index (κ1) is 39.2. The molecule has 3 aromatic heterocycles. The van der Waals surface area contributed by atoms with E-state index in [0.717, 1.165) is 70.3 Å². The normalized spacial score (nSPS) is 11.8. The van der Waals surface area contributed by atoms with Gasteiger partial charge >= 0.3 is 20.4 Å². The number of hydrogen-bond acceptors (Lipinski definition) is 3. The van der Waals surface area contributed by atoms with Crippen molar-refractivity contribution in [3.63, 3.8) is 0 Å². The number of ether oxygens (including phenoxy) is 1. The minimum atomic E-state index is -0.131. The fourth-order valence-corrected chi connectivity index (χ4v) is 7.85. The third kappa shape index (κ3) is 7.70. The maximum Gasteiger partial charge on any atom is 2.00 e. The van der Waals surface area contributed by atoms with E-state index in [1.54, 1.807) is 0 Å². The molecule has 7 aromatic rings. The first-order valence-corrected chi connectivity index (χ1v) is 19.2. The Hall–Kier alpha value is -4.50. The number of nitrogens with zero attached hydrogens (tertiary/aromatic N) is 4. The van der Waals surface area contributed by atoms with Gasteiger partial charge in [-0.05, 0) is 110 Å². The van der Waals surface area contributed by atoms with Crippen molar-refractivity contribution in [2.75, 3.05) is 0 Å². The fraction of sp³-hybridized carbons (Fsp3) is 0.333. The molecule has 0 N–H and O–H groups in total. The molecule has 4 aromatic carbocycles. The molecule has 0 saturated heterocycles. The van der Waals surface area contributed by atoms with Crippen molar-refractivity contribution in [2.45, 2.75) is 100 Å².